The van der Waals surface area contributed by atoms with Crippen LogP contribution in [0.1, 0.15) is 17.0 Å². The highest BCUT2D eigenvalue weighted by atomic mass is 32.1. The van der Waals surface area contributed by atoms with Gasteiger partial charge in [0.1, 0.15) is 0 Å². The van der Waals surface area contributed by atoms with Crippen LogP contribution >= 0.6 is 11.3 Å². The van der Waals surface area contributed by atoms with Crippen LogP contribution in [0.5, 0.6) is 0 Å². The number of nitriles is 1. The number of thiophene rings is 1. The van der Waals surface area contributed by atoms with Crippen LogP contribution in [0.25, 0.3) is 58.8 Å². The summed E-state index contributed by atoms with van der Waals surface area (Å²) >= 11 is 1.87. The minimum atomic E-state index is 0.204. The molecule has 220 valence electrons. The van der Waals surface area contributed by atoms with Gasteiger partial charge in [-0.25, -0.2) is 0 Å². The fourth-order valence-electron chi connectivity index (χ4n) is 7.84. The number of allylic oxidation sites excluding steroid dienone is 2. The molecule has 0 N–H and O–H groups in total. The number of para-hydroxylation sites is 1. The van der Waals surface area contributed by atoms with Gasteiger partial charge in [0.2, 0.25) is 0 Å². The standard InChI is InChI=1S/C43H27N3S/c44-26-27-16-20-30(21-17-27)45-37-12-4-1-8-31(37)35-24-28(18-22-39(35)45)29-19-23-40-36(25-29)32-9-2-5-13-38(32)46(40)41-14-7-11-34-33-10-3-6-15-42(33)47-43(34)41/h1-25,31,37H. The molecular formula is C43H27N3S. The molecule has 4 heteroatoms. The van der Waals surface area contributed by atoms with Gasteiger partial charge >= 0.3 is 0 Å². The highest BCUT2D eigenvalue weighted by molar-refractivity contribution is 7.26. The van der Waals surface area contributed by atoms with E-state index in [0.29, 0.717) is 5.56 Å². The summed E-state index contributed by atoms with van der Waals surface area (Å²) < 4.78 is 5.08. The van der Waals surface area contributed by atoms with E-state index in [1.165, 1.54) is 70.0 Å². The average molecular weight is 618 g/mol. The molecule has 47 heavy (non-hydrogen) atoms. The molecule has 0 amide bonds. The molecule has 0 fully saturated rings. The van der Waals surface area contributed by atoms with E-state index in [1.807, 2.05) is 23.5 Å². The Morgan fingerprint density at radius 3 is 2.23 bits per heavy atom. The number of aromatic nitrogens is 1. The van der Waals surface area contributed by atoms with Crippen molar-refractivity contribution in [1.29, 1.82) is 5.26 Å². The summed E-state index contributed by atoms with van der Waals surface area (Å²) in [5.41, 5.74) is 10.4. The van der Waals surface area contributed by atoms with E-state index in [9.17, 15) is 5.26 Å². The summed E-state index contributed by atoms with van der Waals surface area (Å²) in [4.78, 5) is 2.41. The van der Waals surface area contributed by atoms with Crippen molar-refractivity contribution in [3.05, 3.63) is 163 Å². The maximum atomic E-state index is 9.35. The molecule has 0 radical (unpaired) electrons. The third-order valence-corrected chi connectivity index (χ3v) is 11.2. The predicted octanol–water partition coefficient (Wildman–Crippen LogP) is 11.4. The van der Waals surface area contributed by atoms with E-state index in [-0.39, 0.29) is 12.0 Å². The highest BCUT2D eigenvalue weighted by Gasteiger charge is 2.37. The van der Waals surface area contributed by atoms with E-state index in [2.05, 4.69) is 155 Å². The summed E-state index contributed by atoms with van der Waals surface area (Å²) in [5.74, 6) is 0.262. The number of rotatable bonds is 3. The fourth-order valence-corrected chi connectivity index (χ4v) is 9.05. The first-order valence-corrected chi connectivity index (χ1v) is 16.8. The first-order valence-electron chi connectivity index (χ1n) is 16.0. The third-order valence-electron chi connectivity index (χ3n) is 9.96. The number of hydrogen-bond donors (Lipinski definition) is 0. The Balaban J connectivity index is 1.13. The fraction of sp³-hybridized carbons (Fsp3) is 0.0465. The lowest BCUT2D eigenvalue weighted by atomic mass is 9.89. The maximum Gasteiger partial charge on any atom is 0.0991 e. The Labute approximate surface area is 276 Å². The molecule has 8 aromatic rings. The van der Waals surface area contributed by atoms with Gasteiger partial charge in [0.15, 0.2) is 0 Å². The smallest absolute Gasteiger partial charge is 0.0991 e. The van der Waals surface area contributed by atoms with Gasteiger partial charge in [0.05, 0.1) is 39.1 Å². The van der Waals surface area contributed by atoms with Crippen molar-refractivity contribution in [2.45, 2.75) is 12.0 Å². The molecule has 10 rings (SSSR count). The molecule has 0 spiro atoms. The normalized spacial score (nSPS) is 16.7. The first kappa shape index (κ1) is 26.3. The summed E-state index contributed by atoms with van der Waals surface area (Å²) in [6, 6.07) is 48.5. The van der Waals surface area contributed by atoms with Crippen molar-refractivity contribution in [2.75, 3.05) is 4.90 Å². The Morgan fingerprint density at radius 1 is 0.596 bits per heavy atom. The van der Waals surface area contributed by atoms with E-state index < -0.39 is 0 Å². The van der Waals surface area contributed by atoms with Gasteiger partial charge < -0.3 is 9.47 Å². The summed E-state index contributed by atoms with van der Waals surface area (Å²) in [7, 11) is 0. The summed E-state index contributed by atoms with van der Waals surface area (Å²) in [6.45, 7) is 0. The Kier molecular flexibility index (Phi) is 5.64. The molecule has 0 saturated carbocycles. The molecule has 3 heterocycles. The molecule has 2 atom stereocenters. The highest BCUT2D eigenvalue weighted by Crippen LogP contribution is 2.49. The zero-order valence-electron chi connectivity index (χ0n) is 25.3. The summed E-state index contributed by atoms with van der Waals surface area (Å²) in [5, 5.41) is 14.5. The van der Waals surface area contributed by atoms with Crippen LogP contribution in [0, 0.1) is 11.3 Å². The Morgan fingerprint density at radius 2 is 1.34 bits per heavy atom. The lowest BCUT2D eigenvalue weighted by Gasteiger charge is -2.28. The zero-order chi connectivity index (χ0) is 31.1. The van der Waals surface area contributed by atoms with Crippen molar-refractivity contribution >= 4 is 64.7 Å². The number of nitrogens with zero attached hydrogens (tertiary/aromatic N) is 3. The van der Waals surface area contributed by atoms with Crippen molar-refractivity contribution in [1.82, 2.24) is 4.57 Å². The van der Waals surface area contributed by atoms with Gasteiger partial charge in [0, 0.05) is 43.5 Å². The maximum absolute atomic E-state index is 9.35. The van der Waals surface area contributed by atoms with Crippen LogP contribution in [0.15, 0.2) is 152 Å². The minimum Gasteiger partial charge on any atom is -0.333 e. The van der Waals surface area contributed by atoms with Crippen molar-refractivity contribution < 1.29 is 0 Å². The van der Waals surface area contributed by atoms with Crippen LogP contribution in [-0.2, 0) is 0 Å². The average Bonchev–Trinajstić information content (AvgIpc) is 3.79. The van der Waals surface area contributed by atoms with Crippen molar-refractivity contribution in [3.63, 3.8) is 0 Å². The molecule has 0 bridgehead atoms. The van der Waals surface area contributed by atoms with Crippen LogP contribution in [0.3, 0.4) is 0 Å². The second-order valence-corrected chi connectivity index (χ2v) is 13.5. The van der Waals surface area contributed by atoms with Gasteiger partial charge in [-0.1, -0.05) is 85.0 Å². The third kappa shape index (κ3) is 3.84. The molecule has 1 aliphatic carbocycles. The second kappa shape index (κ2) is 10.1. The predicted molar refractivity (Wildman–Crippen MR) is 197 cm³/mol. The van der Waals surface area contributed by atoms with Gasteiger partial charge in [0.25, 0.3) is 0 Å². The molecule has 3 nitrogen and oxygen atoms in total. The second-order valence-electron chi connectivity index (χ2n) is 12.4. The van der Waals surface area contributed by atoms with Crippen LogP contribution in [-0.4, -0.2) is 10.6 Å². The molecule has 1 aliphatic heterocycles. The van der Waals surface area contributed by atoms with Crippen LogP contribution in [0.2, 0.25) is 0 Å². The van der Waals surface area contributed by atoms with E-state index in [0.717, 1.165) is 5.69 Å². The molecule has 6 aromatic carbocycles. The zero-order valence-corrected chi connectivity index (χ0v) is 26.2. The number of anilines is 2. The topological polar surface area (TPSA) is 32.0 Å². The number of fused-ring (bicyclic) bond motifs is 9. The Bertz CT molecular complexity index is 2660. The lowest BCUT2D eigenvalue weighted by molar-refractivity contribution is 0.745. The van der Waals surface area contributed by atoms with Crippen LogP contribution < -0.4 is 4.90 Å². The minimum absolute atomic E-state index is 0.204. The SMILES string of the molecule is N#Cc1ccc(N2c3ccc(-c4ccc5c(c4)c4ccccc4n5-c4cccc5c4sc4ccccc45)cc3C3C=CC=CC32)cc1. The summed E-state index contributed by atoms with van der Waals surface area (Å²) in [6.07, 6.45) is 8.93. The van der Waals surface area contributed by atoms with Gasteiger partial charge in [-0.15, -0.1) is 11.3 Å². The van der Waals surface area contributed by atoms with E-state index in [1.54, 1.807) is 0 Å². The lowest BCUT2D eigenvalue weighted by Crippen LogP contribution is -2.28. The van der Waals surface area contributed by atoms with Gasteiger partial charge in [-0.3, -0.25) is 0 Å². The van der Waals surface area contributed by atoms with Gasteiger partial charge in [-0.2, -0.15) is 5.26 Å². The Hall–Kier alpha value is -5.89. The first-order chi connectivity index (χ1) is 23.3. The number of benzene rings is 6. The van der Waals surface area contributed by atoms with E-state index in [4.69, 9.17) is 0 Å². The monoisotopic (exact) mass is 617 g/mol. The van der Waals surface area contributed by atoms with Crippen molar-refractivity contribution in [2.24, 2.45) is 0 Å². The van der Waals surface area contributed by atoms with E-state index >= 15 is 0 Å². The van der Waals surface area contributed by atoms with Gasteiger partial charge in [-0.05, 0) is 83.4 Å². The quantitative estimate of drug-likeness (QED) is 0.198. The molecular weight excluding hydrogens is 591 g/mol. The van der Waals surface area contributed by atoms with Crippen molar-refractivity contribution in [3.8, 4) is 22.9 Å². The number of hydrogen-bond acceptors (Lipinski definition) is 3. The molecule has 0 saturated heterocycles. The molecule has 2 aliphatic rings. The molecule has 2 unspecified atom stereocenters. The van der Waals surface area contributed by atoms with Crippen LogP contribution in [0.4, 0.5) is 11.4 Å². The molecule has 2 aromatic heterocycles. The largest absolute Gasteiger partial charge is 0.333 e.